The zero-order chi connectivity index (χ0) is 12.4. The van der Waals surface area contributed by atoms with E-state index in [1.54, 1.807) is 6.20 Å². The van der Waals surface area contributed by atoms with Crippen LogP contribution in [0.3, 0.4) is 0 Å². The lowest BCUT2D eigenvalue weighted by atomic mass is 10.2. The van der Waals surface area contributed by atoms with E-state index in [4.69, 9.17) is 0 Å². The van der Waals surface area contributed by atoms with E-state index in [2.05, 4.69) is 20.9 Å². The van der Waals surface area contributed by atoms with Crippen molar-refractivity contribution in [2.75, 3.05) is 0 Å². The Morgan fingerprint density at radius 3 is 2.53 bits per heavy atom. The maximum Gasteiger partial charge on any atom is 0.185 e. The van der Waals surface area contributed by atoms with E-state index in [0.717, 1.165) is 6.07 Å². The SMILES string of the molecule is O=Cc1nc(Br)cn1Cc1cc(F)cc(F)c1. The Morgan fingerprint density at radius 1 is 1.29 bits per heavy atom. The van der Waals surface area contributed by atoms with Gasteiger partial charge < -0.3 is 4.57 Å². The lowest BCUT2D eigenvalue weighted by Crippen LogP contribution is -2.04. The van der Waals surface area contributed by atoms with Crippen molar-refractivity contribution in [2.24, 2.45) is 0 Å². The summed E-state index contributed by atoms with van der Waals surface area (Å²) in [6.45, 7) is 0.182. The highest BCUT2D eigenvalue weighted by molar-refractivity contribution is 9.10. The van der Waals surface area contributed by atoms with Crippen LogP contribution in [-0.4, -0.2) is 15.8 Å². The third-order valence-corrected chi connectivity index (χ3v) is 2.54. The van der Waals surface area contributed by atoms with Crippen molar-refractivity contribution in [3.05, 3.63) is 52.0 Å². The zero-order valence-corrected chi connectivity index (χ0v) is 10.1. The molecule has 2 aromatic rings. The molecule has 3 nitrogen and oxygen atoms in total. The Bertz CT molecular complexity index is 548. The van der Waals surface area contributed by atoms with Gasteiger partial charge in [-0.1, -0.05) is 0 Å². The second-order valence-electron chi connectivity index (χ2n) is 3.45. The Labute approximate surface area is 104 Å². The molecule has 0 fully saturated rings. The van der Waals surface area contributed by atoms with E-state index in [1.807, 2.05) is 0 Å². The summed E-state index contributed by atoms with van der Waals surface area (Å²) >= 11 is 3.13. The number of rotatable bonds is 3. The Balaban J connectivity index is 2.33. The van der Waals surface area contributed by atoms with Gasteiger partial charge in [0, 0.05) is 18.8 Å². The predicted molar refractivity (Wildman–Crippen MR) is 60.8 cm³/mol. The number of benzene rings is 1. The van der Waals surface area contributed by atoms with Crippen LogP contribution in [0.5, 0.6) is 0 Å². The first kappa shape index (κ1) is 11.9. The van der Waals surface area contributed by atoms with Crippen molar-refractivity contribution in [3.8, 4) is 0 Å². The molecule has 0 saturated carbocycles. The Hall–Kier alpha value is -1.56. The van der Waals surface area contributed by atoms with Gasteiger partial charge in [-0.3, -0.25) is 4.79 Å². The molecule has 0 saturated heterocycles. The van der Waals surface area contributed by atoms with Crippen molar-refractivity contribution < 1.29 is 13.6 Å². The summed E-state index contributed by atoms with van der Waals surface area (Å²) in [6.07, 6.45) is 2.16. The molecular formula is C11H7BrF2N2O. The van der Waals surface area contributed by atoms with Crippen LogP contribution in [0.15, 0.2) is 29.0 Å². The van der Waals surface area contributed by atoms with Crippen LogP contribution >= 0.6 is 15.9 Å². The number of hydrogen-bond acceptors (Lipinski definition) is 2. The third kappa shape index (κ3) is 2.76. The van der Waals surface area contributed by atoms with Gasteiger partial charge in [0.05, 0.1) is 0 Å². The molecule has 0 unspecified atom stereocenters. The molecule has 17 heavy (non-hydrogen) atoms. The highest BCUT2D eigenvalue weighted by Crippen LogP contribution is 2.13. The highest BCUT2D eigenvalue weighted by atomic mass is 79.9. The minimum atomic E-state index is -0.646. The van der Waals surface area contributed by atoms with Gasteiger partial charge in [-0.15, -0.1) is 0 Å². The van der Waals surface area contributed by atoms with E-state index in [-0.39, 0.29) is 12.4 Å². The van der Waals surface area contributed by atoms with Gasteiger partial charge in [0.2, 0.25) is 0 Å². The lowest BCUT2D eigenvalue weighted by Gasteiger charge is -2.04. The molecule has 0 aliphatic rings. The second kappa shape index (κ2) is 4.75. The molecule has 1 aromatic carbocycles. The first-order valence-corrected chi connectivity index (χ1v) is 5.50. The van der Waals surface area contributed by atoms with E-state index in [1.165, 1.54) is 16.7 Å². The predicted octanol–water partition coefficient (Wildman–Crippen LogP) is 2.78. The van der Waals surface area contributed by atoms with E-state index in [0.29, 0.717) is 16.5 Å². The van der Waals surface area contributed by atoms with Crippen molar-refractivity contribution in [3.63, 3.8) is 0 Å². The summed E-state index contributed by atoms with van der Waals surface area (Å²) in [5.41, 5.74) is 0.426. The molecule has 0 N–H and O–H groups in total. The van der Waals surface area contributed by atoms with Crippen LogP contribution in [0.25, 0.3) is 0 Å². The van der Waals surface area contributed by atoms with Gasteiger partial charge >= 0.3 is 0 Å². The average Bonchev–Trinajstić information content (AvgIpc) is 2.57. The molecule has 0 bridgehead atoms. The maximum absolute atomic E-state index is 13.0. The minimum Gasteiger partial charge on any atom is -0.323 e. The molecule has 6 heteroatoms. The molecule has 0 atom stereocenters. The summed E-state index contributed by atoms with van der Waals surface area (Å²) < 4.78 is 28.0. The fraction of sp³-hybridized carbons (Fsp3) is 0.0909. The van der Waals surface area contributed by atoms with E-state index >= 15 is 0 Å². The smallest absolute Gasteiger partial charge is 0.185 e. The minimum absolute atomic E-state index is 0.182. The summed E-state index contributed by atoms with van der Waals surface area (Å²) in [5, 5.41) is 0. The molecule has 0 aliphatic heterocycles. The van der Waals surface area contributed by atoms with Crippen LogP contribution in [0, 0.1) is 11.6 Å². The van der Waals surface area contributed by atoms with Gasteiger partial charge in [0.1, 0.15) is 16.2 Å². The van der Waals surface area contributed by atoms with Crippen molar-refractivity contribution in [1.82, 2.24) is 9.55 Å². The van der Waals surface area contributed by atoms with Crippen LogP contribution in [0.1, 0.15) is 16.2 Å². The van der Waals surface area contributed by atoms with Crippen molar-refractivity contribution in [2.45, 2.75) is 6.54 Å². The van der Waals surface area contributed by atoms with E-state index in [9.17, 15) is 13.6 Å². The molecule has 0 aliphatic carbocycles. The lowest BCUT2D eigenvalue weighted by molar-refractivity contribution is 0.111. The average molecular weight is 301 g/mol. The summed E-state index contributed by atoms with van der Waals surface area (Å²) in [5.74, 6) is -1.10. The van der Waals surface area contributed by atoms with Gasteiger partial charge in [0.15, 0.2) is 12.1 Å². The zero-order valence-electron chi connectivity index (χ0n) is 8.53. The van der Waals surface area contributed by atoms with Gasteiger partial charge in [-0.25, -0.2) is 13.8 Å². The van der Waals surface area contributed by atoms with Crippen LogP contribution in [0.2, 0.25) is 0 Å². The van der Waals surface area contributed by atoms with Crippen molar-refractivity contribution >= 4 is 22.2 Å². The molecule has 1 heterocycles. The first-order chi connectivity index (χ1) is 8.08. The second-order valence-corrected chi connectivity index (χ2v) is 4.26. The first-order valence-electron chi connectivity index (χ1n) is 4.71. The largest absolute Gasteiger partial charge is 0.323 e. The Morgan fingerprint density at radius 2 is 1.94 bits per heavy atom. The monoisotopic (exact) mass is 300 g/mol. The highest BCUT2D eigenvalue weighted by Gasteiger charge is 2.07. The van der Waals surface area contributed by atoms with Crippen LogP contribution < -0.4 is 0 Å². The van der Waals surface area contributed by atoms with Crippen LogP contribution in [-0.2, 0) is 6.54 Å². The number of nitrogens with zero attached hydrogens (tertiary/aromatic N) is 2. The fourth-order valence-electron chi connectivity index (χ4n) is 1.52. The number of aldehydes is 1. The summed E-state index contributed by atoms with van der Waals surface area (Å²) in [4.78, 5) is 14.6. The number of hydrogen-bond donors (Lipinski definition) is 0. The van der Waals surface area contributed by atoms with Gasteiger partial charge in [-0.05, 0) is 33.6 Å². The molecule has 0 amide bonds. The fourth-order valence-corrected chi connectivity index (χ4v) is 1.95. The quantitative estimate of drug-likeness (QED) is 0.817. The molecule has 88 valence electrons. The topological polar surface area (TPSA) is 34.9 Å². The number of carbonyl (C=O) groups is 1. The molecule has 2 rings (SSSR count). The number of carbonyl (C=O) groups excluding carboxylic acids is 1. The summed E-state index contributed by atoms with van der Waals surface area (Å²) in [6, 6.07) is 3.23. The number of imidazole rings is 1. The summed E-state index contributed by atoms with van der Waals surface area (Å²) in [7, 11) is 0. The van der Waals surface area contributed by atoms with Crippen molar-refractivity contribution in [1.29, 1.82) is 0 Å². The van der Waals surface area contributed by atoms with Crippen LogP contribution in [0.4, 0.5) is 8.78 Å². The maximum atomic E-state index is 13.0. The van der Waals surface area contributed by atoms with E-state index < -0.39 is 11.6 Å². The molecule has 0 spiro atoms. The van der Waals surface area contributed by atoms with Gasteiger partial charge in [-0.2, -0.15) is 0 Å². The Kier molecular flexibility index (Phi) is 3.33. The standard InChI is InChI=1S/C11H7BrF2N2O/c12-10-5-16(11(6-17)15-10)4-7-1-8(13)3-9(14)2-7/h1-3,5-6H,4H2. The molecule has 0 radical (unpaired) electrons. The number of aromatic nitrogens is 2. The molecule has 1 aromatic heterocycles. The third-order valence-electron chi connectivity index (χ3n) is 2.16. The van der Waals surface area contributed by atoms with Gasteiger partial charge in [0.25, 0.3) is 0 Å². The molecular weight excluding hydrogens is 294 g/mol. The normalized spacial score (nSPS) is 10.5. The number of halogens is 3.